The van der Waals surface area contributed by atoms with Crippen LogP contribution >= 0.6 is 11.3 Å². The summed E-state index contributed by atoms with van der Waals surface area (Å²) in [5.41, 5.74) is 7.43. The summed E-state index contributed by atoms with van der Waals surface area (Å²) in [4.78, 5) is 34.3. The molecule has 0 saturated heterocycles. The van der Waals surface area contributed by atoms with Crippen LogP contribution in [0.1, 0.15) is 38.5 Å². The number of rotatable bonds is 6. The minimum absolute atomic E-state index is 0.0480. The van der Waals surface area contributed by atoms with Crippen molar-refractivity contribution in [2.45, 2.75) is 38.5 Å². The molecule has 3 N–H and O–H groups in total. The van der Waals surface area contributed by atoms with Crippen LogP contribution in [0, 0.1) is 5.92 Å². The molecule has 1 aliphatic rings. The predicted molar refractivity (Wildman–Crippen MR) is 153 cm³/mol. The lowest BCUT2D eigenvalue weighted by atomic mass is 9.87. The van der Waals surface area contributed by atoms with Gasteiger partial charge < -0.3 is 10.3 Å². The smallest absolute Gasteiger partial charge is 0.224 e. The fourth-order valence-electron chi connectivity index (χ4n) is 5.46. The van der Waals surface area contributed by atoms with Gasteiger partial charge in [0.2, 0.25) is 5.91 Å². The van der Waals surface area contributed by atoms with Crippen LogP contribution in [-0.2, 0) is 4.79 Å². The Labute approximate surface area is 228 Å². The van der Waals surface area contributed by atoms with E-state index in [-0.39, 0.29) is 5.91 Å². The Morgan fingerprint density at radius 2 is 1.90 bits per heavy atom. The third kappa shape index (κ3) is 4.67. The molecule has 9 nitrogen and oxygen atoms in total. The van der Waals surface area contributed by atoms with Gasteiger partial charge in [0, 0.05) is 41.7 Å². The second-order valence-electron chi connectivity index (χ2n) is 10.1. The zero-order chi connectivity index (χ0) is 26.2. The number of pyridine rings is 3. The van der Waals surface area contributed by atoms with E-state index in [1.54, 1.807) is 36.1 Å². The standard InChI is InChI=1S/C29H26N8OS/c38-24(10-17-4-2-1-3-5-17)33-21-11-19(13-30-15-21)20-12-23-26(36-37-27(23)32-14-20)29-34-25-22(18-7-9-39-16-18)6-8-31-28(25)35-29/h6-9,11-17H,1-5,10H2,(H,33,38)(H,31,34,35)(H,32,36,37). The van der Waals surface area contributed by atoms with Gasteiger partial charge in [-0.25, -0.2) is 15.0 Å². The number of nitrogens with zero attached hydrogens (tertiary/aromatic N) is 5. The summed E-state index contributed by atoms with van der Waals surface area (Å²) in [5, 5.41) is 15.5. The number of thiophene rings is 1. The van der Waals surface area contributed by atoms with Gasteiger partial charge in [-0.3, -0.25) is 14.9 Å². The molecule has 1 amide bonds. The van der Waals surface area contributed by atoms with E-state index in [9.17, 15) is 4.79 Å². The summed E-state index contributed by atoms with van der Waals surface area (Å²) in [7, 11) is 0. The van der Waals surface area contributed by atoms with E-state index in [4.69, 9.17) is 4.98 Å². The van der Waals surface area contributed by atoms with Crippen molar-refractivity contribution in [1.29, 1.82) is 0 Å². The Kier molecular flexibility index (Phi) is 6.08. The highest BCUT2D eigenvalue weighted by atomic mass is 32.1. The molecule has 39 heavy (non-hydrogen) atoms. The molecule has 0 spiro atoms. The van der Waals surface area contributed by atoms with Gasteiger partial charge in [-0.1, -0.05) is 19.3 Å². The van der Waals surface area contributed by atoms with Gasteiger partial charge >= 0.3 is 0 Å². The van der Waals surface area contributed by atoms with Crippen molar-refractivity contribution < 1.29 is 4.79 Å². The van der Waals surface area contributed by atoms with Crippen molar-refractivity contribution >= 4 is 45.1 Å². The number of imidazole rings is 1. The summed E-state index contributed by atoms with van der Waals surface area (Å²) < 4.78 is 0. The number of aromatic nitrogens is 7. The molecule has 1 saturated carbocycles. The largest absolute Gasteiger partial charge is 0.335 e. The first-order chi connectivity index (χ1) is 19.2. The molecule has 1 fully saturated rings. The molecule has 0 atom stereocenters. The summed E-state index contributed by atoms with van der Waals surface area (Å²) in [6, 6.07) is 8.03. The lowest BCUT2D eigenvalue weighted by Gasteiger charge is -2.20. The zero-order valence-electron chi connectivity index (χ0n) is 21.1. The SMILES string of the molecule is O=C(CC1CCCCC1)Nc1cncc(-c2cnc3n[nH]c(-c4nc5nccc(-c6ccsc6)c5[nH]4)c3c2)c1. The van der Waals surface area contributed by atoms with Crippen LogP contribution in [0.3, 0.4) is 0 Å². The molecule has 0 aromatic carbocycles. The maximum Gasteiger partial charge on any atom is 0.224 e. The predicted octanol–water partition coefficient (Wildman–Crippen LogP) is 6.60. The zero-order valence-corrected chi connectivity index (χ0v) is 22.0. The fraction of sp³-hybridized carbons (Fsp3) is 0.241. The maximum absolute atomic E-state index is 12.7. The summed E-state index contributed by atoms with van der Waals surface area (Å²) in [6.07, 6.45) is 13.6. The third-order valence-corrected chi connectivity index (χ3v) is 8.11. The van der Waals surface area contributed by atoms with Crippen LogP contribution in [0.4, 0.5) is 5.69 Å². The van der Waals surface area contributed by atoms with Crippen molar-refractivity contribution in [2.24, 2.45) is 5.92 Å². The Balaban J connectivity index is 1.19. The molecule has 1 aliphatic carbocycles. The van der Waals surface area contributed by atoms with E-state index < -0.39 is 0 Å². The molecule has 0 unspecified atom stereocenters. The molecule has 10 heteroatoms. The third-order valence-electron chi connectivity index (χ3n) is 7.42. The molecule has 6 heterocycles. The summed E-state index contributed by atoms with van der Waals surface area (Å²) in [5.74, 6) is 1.17. The lowest BCUT2D eigenvalue weighted by Crippen LogP contribution is -2.18. The number of amides is 1. The van der Waals surface area contributed by atoms with Gasteiger partial charge in [-0.2, -0.15) is 16.4 Å². The highest BCUT2D eigenvalue weighted by Gasteiger charge is 2.19. The van der Waals surface area contributed by atoms with Crippen LogP contribution in [0.2, 0.25) is 0 Å². The van der Waals surface area contributed by atoms with E-state index in [0.717, 1.165) is 51.7 Å². The quantitative estimate of drug-likeness (QED) is 0.221. The van der Waals surface area contributed by atoms with Crippen molar-refractivity contribution in [3.63, 3.8) is 0 Å². The first kappa shape index (κ1) is 23.7. The molecule has 7 rings (SSSR count). The number of aromatic amines is 2. The monoisotopic (exact) mass is 534 g/mol. The fourth-order valence-corrected chi connectivity index (χ4v) is 6.11. The molecular weight excluding hydrogens is 508 g/mol. The highest BCUT2D eigenvalue weighted by molar-refractivity contribution is 7.08. The average molecular weight is 535 g/mol. The summed E-state index contributed by atoms with van der Waals surface area (Å²) in [6.45, 7) is 0. The van der Waals surface area contributed by atoms with Gasteiger partial charge in [0.25, 0.3) is 0 Å². The number of H-pyrrole nitrogens is 2. The number of carbonyl (C=O) groups excluding carboxylic acids is 1. The minimum Gasteiger partial charge on any atom is -0.335 e. The number of hydrogen-bond donors (Lipinski definition) is 3. The van der Waals surface area contributed by atoms with Gasteiger partial charge in [0.1, 0.15) is 5.69 Å². The molecule has 0 aliphatic heterocycles. The number of fused-ring (bicyclic) bond motifs is 2. The first-order valence-corrected chi connectivity index (χ1v) is 14.1. The van der Waals surface area contributed by atoms with E-state index in [2.05, 4.69) is 52.3 Å². The first-order valence-electron chi connectivity index (χ1n) is 13.2. The molecule has 194 valence electrons. The topological polar surface area (TPSA) is 125 Å². The molecule has 6 aromatic heterocycles. The van der Waals surface area contributed by atoms with Crippen LogP contribution in [0.15, 0.2) is 59.8 Å². The van der Waals surface area contributed by atoms with Gasteiger partial charge in [-0.15, -0.1) is 0 Å². The van der Waals surface area contributed by atoms with Crippen LogP contribution in [0.25, 0.3) is 56.0 Å². The molecule has 6 aromatic rings. The maximum atomic E-state index is 12.7. The van der Waals surface area contributed by atoms with Crippen molar-refractivity contribution in [2.75, 3.05) is 5.32 Å². The van der Waals surface area contributed by atoms with Crippen LogP contribution in [-0.4, -0.2) is 41.0 Å². The normalized spacial score (nSPS) is 14.3. The highest BCUT2D eigenvalue weighted by Crippen LogP contribution is 2.33. The van der Waals surface area contributed by atoms with E-state index >= 15 is 0 Å². The lowest BCUT2D eigenvalue weighted by molar-refractivity contribution is -0.117. The second kappa shape index (κ2) is 10.0. The number of nitrogens with one attached hydrogen (secondary N) is 3. The molecule has 0 bridgehead atoms. The van der Waals surface area contributed by atoms with E-state index in [0.29, 0.717) is 35.1 Å². The Bertz CT molecular complexity index is 1780. The van der Waals surface area contributed by atoms with Gasteiger partial charge in [0.15, 0.2) is 17.1 Å². The molecular formula is C29H26N8OS. The van der Waals surface area contributed by atoms with E-state index in [1.807, 2.05) is 18.2 Å². The van der Waals surface area contributed by atoms with Crippen molar-refractivity contribution in [3.05, 3.63) is 59.8 Å². The second-order valence-corrected chi connectivity index (χ2v) is 10.8. The number of anilines is 1. The van der Waals surface area contributed by atoms with Crippen molar-refractivity contribution in [1.82, 2.24) is 35.1 Å². The average Bonchev–Trinajstić information content (AvgIpc) is 3.73. The number of carbonyl (C=O) groups is 1. The van der Waals surface area contributed by atoms with E-state index in [1.165, 1.54) is 19.3 Å². The van der Waals surface area contributed by atoms with Crippen LogP contribution < -0.4 is 5.32 Å². The molecule has 0 radical (unpaired) electrons. The van der Waals surface area contributed by atoms with Gasteiger partial charge in [-0.05, 0) is 59.3 Å². The number of hydrogen-bond acceptors (Lipinski definition) is 7. The summed E-state index contributed by atoms with van der Waals surface area (Å²) >= 11 is 1.65. The van der Waals surface area contributed by atoms with Crippen LogP contribution in [0.5, 0.6) is 0 Å². The van der Waals surface area contributed by atoms with Gasteiger partial charge in [0.05, 0.1) is 22.8 Å². The Hall–Kier alpha value is -4.44. The minimum atomic E-state index is 0.0480. The van der Waals surface area contributed by atoms with Crippen molar-refractivity contribution in [3.8, 4) is 33.8 Å². The Morgan fingerprint density at radius 1 is 1.00 bits per heavy atom. The Morgan fingerprint density at radius 3 is 2.77 bits per heavy atom.